The number of rotatable bonds is 0. The fourth-order valence-corrected chi connectivity index (χ4v) is 2.91. The van der Waals surface area contributed by atoms with E-state index in [1.54, 1.807) is 0 Å². The first kappa shape index (κ1) is 8.82. The molecular weight excluding hydrogens is 186 g/mol. The first-order valence-corrected chi connectivity index (χ1v) is 5.48. The van der Waals surface area contributed by atoms with Crippen LogP contribution in [-0.2, 0) is 9.84 Å². The minimum Gasteiger partial charge on any atom is -0.229 e. The fourth-order valence-electron chi connectivity index (χ4n) is 0.973. The molecule has 0 spiro atoms. The summed E-state index contributed by atoms with van der Waals surface area (Å²) in [5.74, 6) is 0.0914. The summed E-state index contributed by atoms with van der Waals surface area (Å²) in [5, 5.41) is 8.54. The van der Waals surface area contributed by atoms with Gasteiger partial charge in [0.05, 0.1) is 17.6 Å². The van der Waals surface area contributed by atoms with Gasteiger partial charge in [-0.15, -0.1) is 11.6 Å². The van der Waals surface area contributed by atoms with Crippen molar-refractivity contribution in [1.82, 2.24) is 0 Å². The highest BCUT2D eigenvalue weighted by atomic mass is 35.5. The quantitative estimate of drug-likeness (QED) is 0.532. The summed E-state index contributed by atoms with van der Waals surface area (Å²) in [7, 11) is -2.90. The minimum atomic E-state index is -2.90. The van der Waals surface area contributed by atoms with Crippen molar-refractivity contribution in [2.45, 2.75) is 17.7 Å². The van der Waals surface area contributed by atoms with E-state index < -0.39 is 14.7 Å². The molecule has 0 amide bonds. The Balaban J connectivity index is 2.71. The minimum absolute atomic E-state index is 0.0457. The van der Waals surface area contributed by atoms with Crippen LogP contribution in [-0.4, -0.2) is 24.8 Å². The summed E-state index contributed by atoms with van der Waals surface area (Å²) in [6.45, 7) is 0. The number of nitrogens with zero attached hydrogens (tertiary/aromatic N) is 1. The Morgan fingerprint density at radius 1 is 1.36 bits per heavy atom. The van der Waals surface area contributed by atoms with E-state index in [0.29, 0.717) is 0 Å². The molecule has 0 saturated carbocycles. The van der Waals surface area contributed by atoms with Crippen molar-refractivity contribution in [3.63, 3.8) is 0 Å². The summed E-state index contributed by atoms with van der Waals surface area (Å²) in [6, 6.07) is 1.92. The van der Waals surface area contributed by atoms with Crippen molar-refractivity contribution in [3.05, 3.63) is 0 Å². The third-order valence-electron chi connectivity index (χ3n) is 1.82. The zero-order valence-electron chi connectivity index (χ0n) is 5.88. The highest BCUT2D eigenvalue weighted by Gasteiger charge is 2.35. The van der Waals surface area contributed by atoms with Gasteiger partial charge < -0.3 is 0 Å². The number of hydrogen-bond acceptors (Lipinski definition) is 3. The molecule has 1 aliphatic heterocycles. The molecule has 0 aromatic carbocycles. The molecule has 0 aromatic rings. The zero-order valence-corrected chi connectivity index (χ0v) is 7.45. The summed E-state index contributed by atoms with van der Waals surface area (Å²) in [4.78, 5) is -0.925. The van der Waals surface area contributed by atoms with E-state index >= 15 is 0 Å². The van der Waals surface area contributed by atoms with Gasteiger partial charge in [-0.2, -0.15) is 5.26 Å². The van der Waals surface area contributed by atoms with E-state index in [0.717, 1.165) is 0 Å². The molecule has 1 heterocycles. The lowest BCUT2D eigenvalue weighted by Crippen LogP contribution is -2.33. The van der Waals surface area contributed by atoms with E-state index in [-0.39, 0.29) is 24.3 Å². The van der Waals surface area contributed by atoms with Gasteiger partial charge in [-0.3, -0.25) is 0 Å². The monoisotopic (exact) mass is 193 g/mol. The molecule has 0 bridgehead atoms. The SMILES string of the molecule is N#CC1(Cl)CCS(=O)(=O)CC1. The standard InChI is InChI=1S/C6H8ClNO2S/c7-6(5-8)1-3-11(9,10)4-2-6/h1-4H2. The van der Waals surface area contributed by atoms with E-state index in [1.165, 1.54) is 0 Å². The molecule has 1 fully saturated rings. The molecule has 1 aliphatic rings. The third-order valence-corrected chi connectivity index (χ3v) is 3.93. The topological polar surface area (TPSA) is 57.9 Å². The smallest absolute Gasteiger partial charge is 0.150 e. The Labute approximate surface area is 70.9 Å². The molecule has 1 rings (SSSR count). The fraction of sp³-hybridized carbons (Fsp3) is 0.833. The highest BCUT2D eigenvalue weighted by Crippen LogP contribution is 2.29. The Kier molecular flexibility index (Phi) is 2.13. The second-order valence-corrected chi connectivity index (χ2v) is 5.76. The van der Waals surface area contributed by atoms with Gasteiger partial charge in [-0.25, -0.2) is 8.42 Å². The number of sulfone groups is 1. The maximum atomic E-state index is 10.9. The van der Waals surface area contributed by atoms with E-state index in [4.69, 9.17) is 16.9 Å². The molecular formula is C6H8ClNO2S. The number of nitriles is 1. The van der Waals surface area contributed by atoms with Crippen LogP contribution in [0.2, 0.25) is 0 Å². The van der Waals surface area contributed by atoms with Crippen molar-refractivity contribution in [2.75, 3.05) is 11.5 Å². The van der Waals surface area contributed by atoms with E-state index in [2.05, 4.69) is 0 Å². The first-order valence-electron chi connectivity index (χ1n) is 3.28. The van der Waals surface area contributed by atoms with Crippen LogP contribution in [0.15, 0.2) is 0 Å². The lowest BCUT2D eigenvalue weighted by atomic mass is 10.0. The van der Waals surface area contributed by atoms with E-state index in [9.17, 15) is 8.42 Å². The molecule has 1 saturated heterocycles. The van der Waals surface area contributed by atoms with Crippen molar-refractivity contribution in [1.29, 1.82) is 5.26 Å². The van der Waals surface area contributed by atoms with Crippen molar-refractivity contribution in [3.8, 4) is 6.07 Å². The lowest BCUT2D eigenvalue weighted by Gasteiger charge is -2.23. The average molecular weight is 194 g/mol. The molecule has 5 heteroatoms. The second kappa shape index (κ2) is 2.65. The molecule has 3 nitrogen and oxygen atoms in total. The molecule has 0 atom stereocenters. The largest absolute Gasteiger partial charge is 0.229 e. The van der Waals surface area contributed by atoms with Crippen LogP contribution in [0, 0.1) is 11.3 Å². The summed E-state index contributed by atoms with van der Waals surface area (Å²) < 4.78 is 21.8. The van der Waals surface area contributed by atoms with Crippen LogP contribution >= 0.6 is 11.6 Å². The van der Waals surface area contributed by atoms with Crippen LogP contribution < -0.4 is 0 Å². The van der Waals surface area contributed by atoms with Crippen LogP contribution in [0.1, 0.15) is 12.8 Å². The average Bonchev–Trinajstić information content (AvgIpc) is 1.97. The van der Waals surface area contributed by atoms with Crippen LogP contribution in [0.4, 0.5) is 0 Å². The molecule has 0 unspecified atom stereocenters. The summed E-state index contributed by atoms with van der Waals surface area (Å²) in [6.07, 6.45) is 0.515. The molecule has 0 aliphatic carbocycles. The molecule has 11 heavy (non-hydrogen) atoms. The Hall–Kier alpha value is -0.270. The van der Waals surface area contributed by atoms with E-state index in [1.807, 2.05) is 6.07 Å². The molecule has 62 valence electrons. The molecule has 0 N–H and O–H groups in total. The number of alkyl halides is 1. The Morgan fingerprint density at radius 3 is 2.18 bits per heavy atom. The van der Waals surface area contributed by atoms with Crippen molar-refractivity contribution in [2.24, 2.45) is 0 Å². The third kappa shape index (κ3) is 2.08. The number of halogens is 1. The van der Waals surface area contributed by atoms with Gasteiger partial charge in [0.2, 0.25) is 0 Å². The Bertz CT molecular complexity index is 276. The highest BCUT2D eigenvalue weighted by molar-refractivity contribution is 7.91. The van der Waals surface area contributed by atoms with Crippen LogP contribution in [0.3, 0.4) is 0 Å². The predicted octanol–water partition coefficient (Wildman–Crippen LogP) is 0.696. The summed E-state index contributed by atoms with van der Waals surface area (Å²) >= 11 is 5.76. The summed E-state index contributed by atoms with van der Waals surface area (Å²) in [5.41, 5.74) is 0. The van der Waals surface area contributed by atoms with Gasteiger partial charge in [0, 0.05) is 0 Å². The molecule has 0 aromatic heterocycles. The van der Waals surface area contributed by atoms with Crippen LogP contribution in [0.5, 0.6) is 0 Å². The maximum absolute atomic E-state index is 10.9. The number of hydrogen-bond donors (Lipinski definition) is 0. The lowest BCUT2D eigenvalue weighted by molar-refractivity contribution is 0.555. The van der Waals surface area contributed by atoms with Crippen molar-refractivity contribution >= 4 is 21.4 Å². The van der Waals surface area contributed by atoms with Gasteiger partial charge in [0.1, 0.15) is 4.87 Å². The van der Waals surface area contributed by atoms with Gasteiger partial charge in [-0.1, -0.05) is 0 Å². The van der Waals surface area contributed by atoms with Gasteiger partial charge in [-0.05, 0) is 12.8 Å². The van der Waals surface area contributed by atoms with Gasteiger partial charge in [0.25, 0.3) is 0 Å². The second-order valence-electron chi connectivity index (χ2n) is 2.73. The first-order chi connectivity index (χ1) is 4.97. The normalized spacial score (nSPS) is 27.3. The van der Waals surface area contributed by atoms with Gasteiger partial charge >= 0.3 is 0 Å². The molecule has 0 radical (unpaired) electrons. The van der Waals surface area contributed by atoms with Gasteiger partial charge in [0.15, 0.2) is 9.84 Å². The van der Waals surface area contributed by atoms with Crippen molar-refractivity contribution < 1.29 is 8.42 Å². The zero-order chi connectivity index (χ0) is 8.54. The van der Waals surface area contributed by atoms with Crippen LogP contribution in [0.25, 0.3) is 0 Å². The Morgan fingerprint density at radius 2 is 1.82 bits per heavy atom. The maximum Gasteiger partial charge on any atom is 0.150 e. The predicted molar refractivity (Wildman–Crippen MR) is 42.1 cm³/mol.